The highest BCUT2D eigenvalue weighted by Crippen LogP contribution is 2.59. The Morgan fingerprint density at radius 1 is 1.33 bits per heavy atom. The molecule has 0 heterocycles. The number of ether oxygens (including phenoxy) is 1. The van der Waals surface area contributed by atoms with Crippen LogP contribution in [0.2, 0.25) is 0 Å². The molecular formula is C6H10Cl3O4PS. The van der Waals surface area contributed by atoms with Gasteiger partial charge in [-0.05, 0) is 11.8 Å². The van der Waals surface area contributed by atoms with E-state index in [4.69, 9.17) is 60.4 Å². The first kappa shape index (κ1) is 15.9. The molecule has 0 aromatic heterocycles. The standard InChI is InChI=1S/C6H10Cl3O4PS/c1-4(10)13-5(6(7,8)9)14(15,11-2)12-3/h5H,1-3H3. The summed E-state index contributed by atoms with van der Waals surface area (Å²) in [5, 5.41) is 0. The third kappa shape index (κ3) is 4.73. The van der Waals surface area contributed by atoms with Gasteiger partial charge in [-0.1, -0.05) is 34.8 Å². The van der Waals surface area contributed by atoms with Crippen LogP contribution in [0.4, 0.5) is 0 Å². The molecule has 0 radical (unpaired) electrons. The summed E-state index contributed by atoms with van der Waals surface area (Å²) in [6, 6.07) is 0. The van der Waals surface area contributed by atoms with E-state index in [1.807, 2.05) is 0 Å². The van der Waals surface area contributed by atoms with Crippen LogP contribution in [0.3, 0.4) is 0 Å². The van der Waals surface area contributed by atoms with Gasteiger partial charge in [0.05, 0.1) is 0 Å². The lowest BCUT2D eigenvalue weighted by Gasteiger charge is -2.31. The highest BCUT2D eigenvalue weighted by Gasteiger charge is 2.47. The van der Waals surface area contributed by atoms with Gasteiger partial charge in [-0.3, -0.25) is 4.79 Å². The number of esters is 1. The maximum absolute atomic E-state index is 10.8. The van der Waals surface area contributed by atoms with E-state index in [1.165, 1.54) is 21.1 Å². The Hall–Kier alpha value is 0.910. The normalized spacial score (nSPS) is 14.8. The molecule has 9 heteroatoms. The minimum Gasteiger partial charge on any atom is -0.448 e. The number of rotatable bonds is 4. The van der Waals surface area contributed by atoms with Crippen molar-refractivity contribution < 1.29 is 18.6 Å². The molecule has 0 aliphatic heterocycles. The third-order valence-corrected chi connectivity index (χ3v) is 5.96. The van der Waals surface area contributed by atoms with E-state index in [9.17, 15) is 4.79 Å². The summed E-state index contributed by atoms with van der Waals surface area (Å²) >= 11 is 21.9. The Kier molecular flexibility index (Phi) is 6.37. The number of hydrogen-bond donors (Lipinski definition) is 0. The maximum Gasteiger partial charge on any atom is 0.303 e. The summed E-state index contributed by atoms with van der Waals surface area (Å²) in [6.45, 7) is -1.80. The molecule has 0 aromatic rings. The van der Waals surface area contributed by atoms with E-state index >= 15 is 0 Å². The summed E-state index contributed by atoms with van der Waals surface area (Å²) in [6.07, 6.45) is 0. The highest BCUT2D eigenvalue weighted by molar-refractivity contribution is 8.10. The first-order chi connectivity index (χ1) is 6.67. The van der Waals surface area contributed by atoms with E-state index in [1.54, 1.807) is 0 Å². The van der Waals surface area contributed by atoms with Crippen molar-refractivity contribution in [3.63, 3.8) is 0 Å². The summed E-state index contributed by atoms with van der Waals surface area (Å²) in [4.78, 5) is 10.8. The molecule has 0 N–H and O–H groups in total. The quantitative estimate of drug-likeness (QED) is 0.453. The first-order valence-electron chi connectivity index (χ1n) is 3.62. The average molecular weight is 316 g/mol. The Bertz CT molecular complexity index is 272. The highest BCUT2D eigenvalue weighted by atomic mass is 35.6. The molecule has 0 aromatic carbocycles. The fraction of sp³-hybridized carbons (Fsp3) is 0.833. The Balaban J connectivity index is 5.10. The Morgan fingerprint density at radius 3 is 1.93 bits per heavy atom. The van der Waals surface area contributed by atoms with Gasteiger partial charge in [-0.25, -0.2) is 0 Å². The average Bonchev–Trinajstić information content (AvgIpc) is 2.11. The predicted octanol–water partition coefficient (Wildman–Crippen LogP) is 2.85. The largest absolute Gasteiger partial charge is 0.448 e. The fourth-order valence-electron chi connectivity index (χ4n) is 0.734. The molecule has 0 saturated heterocycles. The summed E-state index contributed by atoms with van der Waals surface area (Å²) in [5.74, 6) is -1.87. The second-order valence-electron chi connectivity index (χ2n) is 2.41. The summed E-state index contributed by atoms with van der Waals surface area (Å²) < 4.78 is 12.8. The maximum atomic E-state index is 10.8. The van der Waals surface area contributed by atoms with Gasteiger partial charge < -0.3 is 13.8 Å². The van der Waals surface area contributed by atoms with Crippen LogP contribution in [-0.2, 0) is 30.4 Å². The molecule has 0 spiro atoms. The molecule has 1 unspecified atom stereocenters. The van der Waals surface area contributed by atoms with Crippen molar-refractivity contribution in [2.24, 2.45) is 0 Å². The van der Waals surface area contributed by atoms with Gasteiger partial charge in [0.25, 0.3) is 0 Å². The molecule has 0 aliphatic rings. The second-order valence-corrected chi connectivity index (χ2v) is 8.58. The topological polar surface area (TPSA) is 44.8 Å². The van der Waals surface area contributed by atoms with Crippen LogP contribution in [0.15, 0.2) is 0 Å². The van der Waals surface area contributed by atoms with E-state index in [2.05, 4.69) is 0 Å². The lowest BCUT2D eigenvalue weighted by atomic mass is 10.7. The minimum atomic E-state index is -2.97. The van der Waals surface area contributed by atoms with Gasteiger partial charge in [0.2, 0.25) is 16.1 Å². The monoisotopic (exact) mass is 314 g/mol. The molecule has 0 bridgehead atoms. The SMILES string of the molecule is COP(=S)(OC)C(OC(C)=O)C(Cl)(Cl)Cl. The number of halogens is 3. The van der Waals surface area contributed by atoms with Crippen LogP contribution in [0, 0.1) is 0 Å². The van der Waals surface area contributed by atoms with Gasteiger partial charge in [0, 0.05) is 21.1 Å². The van der Waals surface area contributed by atoms with E-state index in [-0.39, 0.29) is 0 Å². The third-order valence-electron chi connectivity index (χ3n) is 1.35. The molecule has 0 rings (SSSR count). The van der Waals surface area contributed by atoms with Crippen molar-refractivity contribution >= 4 is 59.1 Å². The lowest BCUT2D eigenvalue weighted by Crippen LogP contribution is -2.31. The lowest BCUT2D eigenvalue weighted by molar-refractivity contribution is -0.143. The second kappa shape index (κ2) is 6.01. The van der Waals surface area contributed by atoms with Gasteiger partial charge in [-0.2, -0.15) is 0 Å². The van der Waals surface area contributed by atoms with E-state index < -0.39 is 22.1 Å². The Labute approximate surface area is 108 Å². The smallest absolute Gasteiger partial charge is 0.303 e. The van der Waals surface area contributed by atoms with Crippen molar-refractivity contribution in [2.75, 3.05) is 14.2 Å². The first-order valence-corrected chi connectivity index (χ1v) is 7.46. The van der Waals surface area contributed by atoms with Gasteiger partial charge in [-0.15, -0.1) is 0 Å². The zero-order valence-electron chi connectivity index (χ0n) is 8.20. The van der Waals surface area contributed by atoms with Crippen molar-refractivity contribution in [3.8, 4) is 0 Å². The van der Waals surface area contributed by atoms with E-state index in [0.717, 1.165) is 0 Å². The van der Waals surface area contributed by atoms with Crippen molar-refractivity contribution in [3.05, 3.63) is 0 Å². The van der Waals surface area contributed by atoms with Crippen LogP contribution in [-0.4, -0.2) is 29.8 Å². The van der Waals surface area contributed by atoms with Crippen molar-refractivity contribution in [1.82, 2.24) is 0 Å². The number of carbonyl (C=O) groups excluding carboxylic acids is 1. The molecular weight excluding hydrogens is 305 g/mol. The van der Waals surface area contributed by atoms with E-state index in [0.29, 0.717) is 0 Å². The predicted molar refractivity (Wildman–Crippen MR) is 64.1 cm³/mol. The molecule has 0 saturated carbocycles. The zero-order valence-corrected chi connectivity index (χ0v) is 12.2. The minimum absolute atomic E-state index is 0.630. The number of hydrogen-bond acceptors (Lipinski definition) is 5. The molecule has 0 aliphatic carbocycles. The van der Waals surface area contributed by atoms with Gasteiger partial charge in [0.1, 0.15) is 0 Å². The zero-order chi connectivity index (χ0) is 12.3. The van der Waals surface area contributed by atoms with Crippen LogP contribution in [0.25, 0.3) is 0 Å². The number of carbonyl (C=O) groups is 1. The Morgan fingerprint density at radius 2 is 1.73 bits per heavy atom. The molecule has 4 nitrogen and oxygen atoms in total. The fourth-order valence-corrected chi connectivity index (χ4v) is 4.32. The molecule has 90 valence electrons. The van der Waals surface area contributed by atoms with Crippen molar-refractivity contribution in [2.45, 2.75) is 16.6 Å². The van der Waals surface area contributed by atoms with Crippen molar-refractivity contribution in [1.29, 1.82) is 0 Å². The van der Waals surface area contributed by atoms with Crippen LogP contribution < -0.4 is 0 Å². The van der Waals surface area contributed by atoms with Crippen LogP contribution in [0.1, 0.15) is 6.92 Å². The summed E-state index contributed by atoms with van der Waals surface area (Å²) in [5.41, 5.74) is 0. The molecule has 0 fully saturated rings. The molecule has 1 atom stereocenters. The number of alkyl halides is 3. The van der Waals surface area contributed by atoms with Gasteiger partial charge >= 0.3 is 5.97 Å². The molecule has 0 amide bonds. The van der Waals surface area contributed by atoms with Crippen LogP contribution in [0.5, 0.6) is 0 Å². The summed E-state index contributed by atoms with van der Waals surface area (Å²) in [7, 11) is 2.61. The van der Waals surface area contributed by atoms with Crippen LogP contribution >= 0.6 is 41.3 Å². The van der Waals surface area contributed by atoms with Gasteiger partial charge in [0.15, 0.2) is 0 Å². The molecule has 15 heavy (non-hydrogen) atoms.